The highest BCUT2D eigenvalue weighted by Gasteiger charge is 2.21. The predicted molar refractivity (Wildman–Crippen MR) is 87.2 cm³/mol. The van der Waals surface area contributed by atoms with Gasteiger partial charge in [0.2, 0.25) is 0 Å². The van der Waals surface area contributed by atoms with Gasteiger partial charge in [0.25, 0.3) is 0 Å². The molecule has 2 aromatic rings. The number of aryl methyl sites for hydroxylation is 1. The lowest BCUT2D eigenvalue weighted by atomic mass is 10.1. The van der Waals surface area contributed by atoms with Gasteiger partial charge in [0, 0.05) is 42.8 Å². The zero-order chi connectivity index (χ0) is 14.9. The van der Waals surface area contributed by atoms with Crippen LogP contribution in [0, 0.1) is 6.92 Å². The van der Waals surface area contributed by atoms with Gasteiger partial charge in [-0.05, 0) is 25.1 Å². The second kappa shape index (κ2) is 5.51. The summed E-state index contributed by atoms with van der Waals surface area (Å²) >= 11 is 0. The first-order valence-corrected chi connectivity index (χ1v) is 7.58. The van der Waals surface area contributed by atoms with E-state index in [0.29, 0.717) is 0 Å². The van der Waals surface area contributed by atoms with Crippen LogP contribution >= 0.6 is 0 Å². The molecule has 0 spiro atoms. The van der Waals surface area contributed by atoms with E-state index < -0.39 is 0 Å². The summed E-state index contributed by atoms with van der Waals surface area (Å²) in [6.45, 7) is 6.02. The van der Waals surface area contributed by atoms with E-state index in [-0.39, 0.29) is 6.17 Å². The quantitative estimate of drug-likeness (QED) is 0.751. The second-order valence-corrected chi connectivity index (χ2v) is 5.65. The lowest BCUT2D eigenvalue weighted by Gasteiger charge is -2.32. The summed E-state index contributed by atoms with van der Waals surface area (Å²) in [5.74, 6) is 0.813. The molecule has 0 saturated carbocycles. The highest BCUT2D eigenvalue weighted by Crippen LogP contribution is 2.18. The topological polar surface area (TPSA) is 80.7 Å². The normalized spacial score (nSPS) is 22.6. The van der Waals surface area contributed by atoms with Gasteiger partial charge < -0.3 is 5.32 Å². The Bertz CT molecular complexity index is 739. The Balaban J connectivity index is 1.64. The molecule has 1 atom stereocenters. The largest absolute Gasteiger partial charge is 0.314 e. The fourth-order valence-corrected chi connectivity index (χ4v) is 2.91. The van der Waals surface area contributed by atoms with Gasteiger partial charge in [-0.1, -0.05) is 0 Å². The molecule has 2 aliphatic heterocycles. The van der Waals surface area contributed by atoms with Gasteiger partial charge in [-0.25, -0.2) is 4.99 Å². The molecular formula is C15H19N7. The molecule has 22 heavy (non-hydrogen) atoms. The molecule has 1 unspecified atom stereocenters. The Labute approximate surface area is 128 Å². The molecule has 4 rings (SSSR count). The minimum Gasteiger partial charge on any atom is -0.314 e. The summed E-state index contributed by atoms with van der Waals surface area (Å²) in [6, 6.07) is 6.15. The molecule has 0 bridgehead atoms. The Morgan fingerprint density at radius 3 is 2.95 bits per heavy atom. The van der Waals surface area contributed by atoms with E-state index in [0.717, 1.165) is 54.2 Å². The first kappa shape index (κ1) is 13.4. The van der Waals surface area contributed by atoms with E-state index in [2.05, 4.69) is 37.0 Å². The van der Waals surface area contributed by atoms with Crippen LogP contribution in [-0.2, 0) is 0 Å². The zero-order valence-corrected chi connectivity index (χ0v) is 12.5. The Kier molecular flexibility index (Phi) is 3.36. The molecule has 1 aromatic carbocycles. The summed E-state index contributed by atoms with van der Waals surface area (Å²) < 4.78 is 0. The number of amidine groups is 1. The molecule has 0 radical (unpaired) electrons. The van der Waals surface area contributed by atoms with Crippen molar-refractivity contribution in [3.63, 3.8) is 0 Å². The summed E-state index contributed by atoms with van der Waals surface area (Å²) in [5.41, 5.74) is 6.10. The first-order chi connectivity index (χ1) is 10.8. The number of hydrogen-bond acceptors (Lipinski definition) is 6. The molecule has 0 amide bonds. The lowest BCUT2D eigenvalue weighted by molar-refractivity contribution is 0.218. The Morgan fingerprint density at radius 2 is 2.09 bits per heavy atom. The fourth-order valence-electron chi connectivity index (χ4n) is 2.91. The Hall–Kier alpha value is -2.25. The van der Waals surface area contributed by atoms with Crippen LogP contribution in [0.4, 0.5) is 0 Å². The molecule has 3 N–H and O–H groups in total. The number of piperazine rings is 1. The second-order valence-electron chi connectivity index (χ2n) is 5.65. The molecule has 3 heterocycles. The fraction of sp³-hybridized carbons (Fsp3) is 0.400. The molecule has 2 aliphatic rings. The van der Waals surface area contributed by atoms with Gasteiger partial charge in [0.1, 0.15) is 6.17 Å². The van der Waals surface area contributed by atoms with Crippen LogP contribution in [0.2, 0.25) is 0 Å². The molecule has 1 fully saturated rings. The summed E-state index contributed by atoms with van der Waals surface area (Å²) in [7, 11) is 0. The molecule has 114 valence electrons. The van der Waals surface area contributed by atoms with Crippen molar-refractivity contribution in [2.45, 2.75) is 13.1 Å². The zero-order valence-electron chi connectivity index (χ0n) is 12.5. The monoisotopic (exact) mass is 297 g/mol. The van der Waals surface area contributed by atoms with Gasteiger partial charge in [-0.2, -0.15) is 10.2 Å². The van der Waals surface area contributed by atoms with Crippen molar-refractivity contribution in [1.29, 1.82) is 0 Å². The van der Waals surface area contributed by atoms with Crippen molar-refractivity contribution in [2.75, 3.05) is 26.2 Å². The van der Waals surface area contributed by atoms with Crippen molar-refractivity contribution < 1.29 is 0 Å². The number of nitrogens with zero attached hydrogens (tertiary/aromatic N) is 4. The van der Waals surface area contributed by atoms with E-state index in [1.54, 1.807) is 0 Å². The van der Waals surface area contributed by atoms with Crippen molar-refractivity contribution >= 4 is 23.0 Å². The predicted octanol–water partition coefficient (Wildman–Crippen LogP) is 0.438. The number of H-pyrrole nitrogens is 1. The molecule has 1 saturated heterocycles. The minimum atomic E-state index is 0.0134. The first-order valence-electron chi connectivity index (χ1n) is 7.58. The van der Waals surface area contributed by atoms with E-state index in [9.17, 15) is 0 Å². The lowest BCUT2D eigenvalue weighted by Crippen LogP contribution is -2.50. The minimum absolute atomic E-state index is 0.0134. The van der Waals surface area contributed by atoms with Crippen LogP contribution in [0.25, 0.3) is 10.9 Å². The standard InChI is InChI=1S/C15H19N7/c1-10-12-8-11(2-3-13(12)20-19-10)15-18-14(9-17-21-15)22-6-4-16-5-7-22/h2-3,8-9,14,16H,4-7H2,1H3,(H,18,21)(H,19,20). The number of benzene rings is 1. The smallest absolute Gasteiger partial charge is 0.150 e. The third kappa shape index (κ3) is 2.38. The van der Waals surface area contributed by atoms with Gasteiger partial charge in [0.15, 0.2) is 5.84 Å². The van der Waals surface area contributed by atoms with Crippen molar-refractivity contribution in [1.82, 2.24) is 25.8 Å². The van der Waals surface area contributed by atoms with Crippen molar-refractivity contribution in [2.24, 2.45) is 10.1 Å². The van der Waals surface area contributed by atoms with Gasteiger partial charge in [-0.3, -0.25) is 15.4 Å². The maximum Gasteiger partial charge on any atom is 0.150 e. The van der Waals surface area contributed by atoms with Crippen LogP contribution in [0.1, 0.15) is 11.3 Å². The third-order valence-electron chi connectivity index (χ3n) is 4.18. The number of aliphatic imine (C=N–C) groups is 1. The summed E-state index contributed by atoms with van der Waals surface area (Å²) in [6.07, 6.45) is 1.88. The number of nitrogens with one attached hydrogen (secondary N) is 3. The summed E-state index contributed by atoms with van der Waals surface area (Å²) in [5, 5.41) is 16.0. The summed E-state index contributed by atoms with van der Waals surface area (Å²) in [4.78, 5) is 7.16. The van der Waals surface area contributed by atoms with Crippen LogP contribution in [0.15, 0.2) is 28.3 Å². The number of hydrazone groups is 1. The highest BCUT2D eigenvalue weighted by atomic mass is 15.4. The number of hydrogen-bond donors (Lipinski definition) is 3. The van der Waals surface area contributed by atoms with Crippen molar-refractivity contribution in [3.8, 4) is 0 Å². The van der Waals surface area contributed by atoms with Gasteiger partial charge >= 0.3 is 0 Å². The average molecular weight is 297 g/mol. The van der Waals surface area contributed by atoms with E-state index in [4.69, 9.17) is 4.99 Å². The van der Waals surface area contributed by atoms with Crippen LogP contribution < -0.4 is 10.7 Å². The van der Waals surface area contributed by atoms with Crippen molar-refractivity contribution in [3.05, 3.63) is 29.5 Å². The van der Waals surface area contributed by atoms with E-state index in [1.807, 2.05) is 25.3 Å². The molecule has 0 aliphatic carbocycles. The van der Waals surface area contributed by atoms with Crippen LogP contribution in [-0.4, -0.2) is 59.5 Å². The van der Waals surface area contributed by atoms with Gasteiger partial charge in [0.05, 0.1) is 11.7 Å². The number of rotatable bonds is 2. The maximum absolute atomic E-state index is 4.82. The van der Waals surface area contributed by atoms with E-state index >= 15 is 0 Å². The Morgan fingerprint density at radius 1 is 1.23 bits per heavy atom. The third-order valence-corrected chi connectivity index (χ3v) is 4.18. The molecule has 7 heteroatoms. The average Bonchev–Trinajstić information content (AvgIpc) is 2.96. The molecule has 7 nitrogen and oxygen atoms in total. The number of aromatic nitrogens is 2. The number of fused-ring (bicyclic) bond motifs is 1. The molecular weight excluding hydrogens is 278 g/mol. The number of aromatic amines is 1. The molecule has 1 aromatic heterocycles. The van der Waals surface area contributed by atoms with E-state index in [1.165, 1.54) is 0 Å². The highest BCUT2D eigenvalue weighted by molar-refractivity contribution is 6.03. The van der Waals surface area contributed by atoms with Gasteiger partial charge in [-0.15, -0.1) is 0 Å². The SMILES string of the molecule is Cc1[nH]nc2ccc(C3=NC(N4CCNCC4)C=NN3)cc12. The van der Waals surface area contributed by atoms with Crippen LogP contribution in [0.5, 0.6) is 0 Å². The van der Waals surface area contributed by atoms with Crippen LogP contribution in [0.3, 0.4) is 0 Å². The maximum atomic E-state index is 4.82.